The lowest BCUT2D eigenvalue weighted by molar-refractivity contribution is 0.440. The number of nitrogens with zero attached hydrogens (tertiary/aromatic N) is 2. The zero-order valence-corrected chi connectivity index (χ0v) is 9.63. The Balaban J connectivity index is 3.09. The SMILES string of the molecule is Cc1cc(C)c(C=NN(C)C)c(C)c1. The summed E-state index contributed by atoms with van der Waals surface area (Å²) in [5, 5.41) is 6.06. The number of rotatable bonds is 2. The van der Waals surface area contributed by atoms with Crippen LogP contribution in [0.3, 0.4) is 0 Å². The smallest absolute Gasteiger partial charge is 0.0548 e. The molecule has 76 valence electrons. The summed E-state index contributed by atoms with van der Waals surface area (Å²) in [7, 11) is 3.85. The van der Waals surface area contributed by atoms with Crippen LogP contribution < -0.4 is 0 Å². The molecule has 0 saturated heterocycles. The Bertz CT molecular complexity index is 328. The first-order chi connectivity index (χ1) is 6.50. The van der Waals surface area contributed by atoms with Crippen molar-refractivity contribution >= 4 is 6.21 Å². The molecule has 0 spiro atoms. The predicted octanol–water partition coefficient (Wildman–Crippen LogP) is 2.51. The third-order valence-corrected chi connectivity index (χ3v) is 2.16. The monoisotopic (exact) mass is 190 g/mol. The molecule has 0 atom stereocenters. The van der Waals surface area contributed by atoms with Crippen LogP contribution in [0.4, 0.5) is 0 Å². The van der Waals surface area contributed by atoms with Crippen LogP contribution in [-0.4, -0.2) is 25.3 Å². The van der Waals surface area contributed by atoms with Gasteiger partial charge in [0.1, 0.15) is 0 Å². The van der Waals surface area contributed by atoms with E-state index in [0.29, 0.717) is 0 Å². The van der Waals surface area contributed by atoms with Crippen molar-refractivity contribution < 1.29 is 0 Å². The molecule has 1 aromatic carbocycles. The van der Waals surface area contributed by atoms with E-state index in [1.807, 2.05) is 20.3 Å². The van der Waals surface area contributed by atoms with E-state index in [9.17, 15) is 0 Å². The van der Waals surface area contributed by atoms with Gasteiger partial charge < -0.3 is 5.01 Å². The minimum absolute atomic E-state index is 1.23. The standard InChI is InChI=1S/C12H18N2/c1-9-6-10(2)12(11(3)7-9)8-13-14(4)5/h6-8H,1-5H3. The first kappa shape index (κ1) is 10.8. The van der Waals surface area contributed by atoms with E-state index >= 15 is 0 Å². The average Bonchev–Trinajstić information content (AvgIpc) is 2.01. The fourth-order valence-electron chi connectivity index (χ4n) is 1.57. The molecule has 1 aromatic rings. The fraction of sp³-hybridized carbons (Fsp3) is 0.417. The first-order valence-corrected chi connectivity index (χ1v) is 4.80. The molecule has 0 N–H and O–H groups in total. The van der Waals surface area contributed by atoms with E-state index in [-0.39, 0.29) is 0 Å². The Labute approximate surface area is 86.2 Å². The molecule has 1 rings (SSSR count). The maximum Gasteiger partial charge on any atom is 0.0548 e. The van der Waals surface area contributed by atoms with Gasteiger partial charge in [-0.25, -0.2) is 0 Å². The summed E-state index contributed by atoms with van der Waals surface area (Å²) >= 11 is 0. The molecule has 0 aliphatic heterocycles. The Kier molecular flexibility index (Phi) is 3.28. The van der Waals surface area contributed by atoms with Crippen molar-refractivity contribution in [2.75, 3.05) is 14.1 Å². The van der Waals surface area contributed by atoms with E-state index < -0.39 is 0 Å². The molecule has 2 heteroatoms. The van der Waals surface area contributed by atoms with Gasteiger partial charge in [-0.1, -0.05) is 17.7 Å². The molecule has 14 heavy (non-hydrogen) atoms. The first-order valence-electron chi connectivity index (χ1n) is 4.80. The molecule has 0 fully saturated rings. The highest BCUT2D eigenvalue weighted by molar-refractivity contribution is 5.83. The van der Waals surface area contributed by atoms with Crippen molar-refractivity contribution in [1.82, 2.24) is 5.01 Å². The maximum absolute atomic E-state index is 4.25. The molecule has 0 unspecified atom stereocenters. The highest BCUT2D eigenvalue weighted by atomic mass is 15.4. The summed E-state index contributed by atoms with van der Waals surface area (Å²) in [6.07, 6.45) is 1.92. The van der Waals surface area contributed by atoms with Crippen LogP contribution in [0.1, 0.15) is 22.3 Å². The van der Waals surface area contributed by atoms with Crippen LogP contribution in [0, 0.1) is 20.8 Å². The van der Waals surface area contributed by atoms with E-state index in [1.54, 1.807) is 5.01 Å². The van der Waals surface area contributed by atoms with Gasteiger partial charge in [-0.3, -0.25) is 0 Å². The Hall–Kier alpha value is -1.31. The van der Waals surface area contributed by atoms with Crippen molar-refractivity contribution in [1.29, 1.82) is 0 Å². The van der Waals surface area contributed by atoms with E-state index in [4.69, 9.17) is 0 Å². The van der Waals surface area contributed by atoms with Crippen molar-refractivity contribution in [3.8, 4) is 0 Å². The molecule has 0 saturated carbocycles. The lowest BCUT2D eigenvalue weighted by atomic mass is 10.0. The molecular formula is C12H18N2. The third kappa shape index (κ3) is 2.59. The van der Waals surface area contributed by atoms with Crippen molar-refractivity contribution in [2.45, 2.75) is 20.8 Å². The Morgan fingerprint density at radius 3 is 2.00 bits per heavy atom. The number of hydrogen-bond acceptors (Lipinski definition) is 2. The Morgan fingerprint density at radius 2 is 1.57 bits per heavy atom. The number of aryl methyl sites for hydroxylation is 3. The van der Waals surface area contributed by atoms with E-state index in [2.05, 4.69) is 38.0 Å². The highest BCUT2D eigenvalue weighted by Gasteiger charge is 2.00. The normalized spacial score (nSPS) is 10.9. The summed E-state index contributed by atoms with van der Waals surface area (Å²) in [4.78, 5) is 0. The minimum atomic E-state index is 1.23. The van der Waals surface area contributed by atoms with Gasteiger partial charge >= 0.3 is 0 Å². The second-order valence-electron chi connectivity index (χ2n) is 3.90. The number of hydrogen-bond donors (Lipinski definition) is 0. The van der Waals surface area contributed by atoms with Gasteiger partial charge in [0.05, 0.1) is 6.21 Å². The quantitative estimate of drug-likeness (QED) is 0.517. The second kappa shape index (κ2) is 4.27. The lowest BCUT2D eigenvalue weighted by Crippen LogP contribution is -2.03. The zero-order chi connectivity index (χ0) is 10.7. The fourth-order valence-corrected chi connectivity index (χ4v) is 1.57. The minimum Gasteiger partial charge on any atom is -0.303 e. The van der Waals surface area contributed by atoms with Gasteiger partial charge in [0.2, 0.25) is 0 Å². The van der Waals surface area contributed by atoms with Gasteiger partial charge in [0, 0.05) is 19.7 Å². The molecule has 0 aliphatic carbocycles. The van der Waals surface area contributed by atoms with Gasteiger partial charge in [-0.2, -0.15) is 5.10 Å². The largest absolute Gasteiger partial charge is 0.303 e. The predicted molar refractivity (Wildman–Crippen MR) is 61.9 cm³/mol. The summed E-state index contributed by atoms with van der Waals surface area (Å²) in [6.45, 7) is 6.36. The Morgan fingerprint density at radius 1 is 1.07 bits per heavy atom. The van der Waals surface area contributed by atoms with Gasteiger partial charge in [0.25, 0.3) is 0 Å². The zero-order valence-electron chi connectivity index (χ0n) is 9.63. The molecule has 0 amide bonds. The molecule has 2 nitrogen and oxygen atoms in total. The summed E-state index contributed by atoms with van der Waals surface area (Å²) in [5.41, 5.74) is 5.10. The molecule has 0 heterocycles. The van der Waals surface area contributed by atoms with E-state index in [1.165, 1.54) is 22.3 Å². The van der Waals surface area contributed by atoms with Crippen LogP contribution in [0.2, 0.25) is 0 Å². The van der Waals surface area contributed by atoms with Gasteiger partial charge in [0.15, 0.2) is 0 Å². The molecule has 0 radical (unpaired) electrons. The number of hydrazone groups is 1. The van der Waals surface area contributed by atoms with Crippen LogP contribution in [-0.2, 0) is 0 Å². The molecule has 0 aromatic heterocycles. The van der Waals surface area contributed by atoms with Crippen LogP contribution >= 0.6 is 0 Å². The van der Waals surface area contributed by atoms with Gasteiger partial charge in [-0.05, 0) is 31.9 Å². The van der Waals surface area contributed by atoms with Crippen LogP contribution in [0.15, 0.2) is 17.2 Å². The molecule has 0 aliphatic rings. The second-order valence-corrected chi connectivity index (χ2v) is 3.90. The van der Waals surface area contributed by atoms with Crippen LogP contribution in [0.25, 0.3) is 0 Å². The molecule has 0 bridgehead atoms. The molecular weight excluding hydrogens is 172 g/mol. The van der Waals surface area contributed by atoms with Crippen molar-refractivity contribution in [2.24, 2.45) is 5.10 Å². The third-order valence-electron chi connectivity index (χ3n) is 2.16. The summed E-state index contributed by atoms with van der Waals surface area (Å²) < 4.78 is 0. The van der Waals surface area contributed by atoms with Crippen LogP contribution in [0.5, 0.6) is 0 Å². The number of benzene rings is 1. The average molecular weight is 190 g/mol. The highest BCUT2D eigenvalue weighted by Crippen LogP contribution is 2.14. The van der Waals surface area contributed by atoms with Gasteiger partial charge in [-0.15, -0.1) is 0 Å². The van der Waals surface area contributed by atoms with Crippen molar-refractivity contribution in [3.05, 3.63) is 34.4 Å². The summed E-state index contributed by atoms with van der Waals surface area (Å²) in [6, 6.07) is 4.37. The lowest BCUT2D eigenvalue weighted by Gasteiger charge is -2.08. The van der Waals surface area contributed by atoms with Crippen molar-refractivity contribution in [3.63, 3.8) is 0 Å². The topological polar surface area (TPSA) is 15.6 Å². The maximum atomic E-state index is 4.25. The summed E-state index contributed by atoms with van der Waals surface area (Å²) in [5.74, 6) is 0. The van der Waals surface area contributed by atoms with E-state index in [0.717, 1.165) is 0 Å².